The zero-order chi connectivity index (χ0) is 12.1. The molecule has 0 aromatic carbocycles. The Bertz CT molecular complexity index is 433. The van der Waals surface area contributed by atoms with Gasteiger partial charge in [-0.15, -0.1) is 0 Å². The summed E-state index contributed by atoms with van der Waals surface area (Å²) in [6.07, 6.45) is 9.41. The highest BCUT2D eigenvalue weighted by molar-refractivity contribution is 5.13. The minimum Gasteiger partial charge on any atom is -0.472 e. The molecule has 0 aliphatic heterocycles. The number of imidazole rings is 1. The predicted molar refractivity (Wildman–Crippen MR) is 66.7 cm³/mol. The van der Waals surface area contributed by atoms with Gasteiger partial charge in [-0.2, -0.15) is 0 Å². The van der Waals surface area contributed by atoms with Gasteiger partial charge in [-0.3, -0.25) is 0 Å². The fourth-order valence-electron chi connectivity index (χ4n) is 2.02. The van der Waals surface area contributed by atoms with Crippen LogP contribution in [0.2, 0.25) is 0 Å². The molecule has 0 saturated heterocycles. The second-order valence-electron chi connectivity index (χ2n) is 4.14. The normalized spacial score (nSPS) is 12.8. The van der Waals surface area contributed by atoms with Gasteiger partial charge in [0.15, 0.2) is 0 Å². The van der Waals surface area contributed by atoms with Crippen molar-refractivity contribution in [2.75, 3.05) is 7.05 Å². The Hall–Kier alpha value is -1.55. The van der Waals surface area contributed by atoms with Crippen LogP contribution in [0.15, 0.2) is 35.4 Å². The van der Waals surface area contributed by atoms with E-state index in [1.165, 1.54) is 5.56 Å². The molecule has 1 atom stereocenters. The molecule has 0 saturated carbocycles. The van der Waals surface area contributed by atoms with Gasteiger partial charge in [-0.25, -0.2) is 4.98 Å². The van der Waals surface area contributed by atoms with Crippen LogP contribution in [0.4, 0.5) is 0 Å². The first-order valence-corrected chi connectivity index (χ1v) is 6.04. The third-order valence-electron chi connectivity index (χ3n) is 2.95. The summed E-state index contributed by atoms with van der Waals surface area (Å²) in [5.74, 6) is 1.12. The molecule has 0 radical (unpaired) electrons. The molecule has 4 nitrogen and oxygen atoms in total. The fourth-order valence-corrected chi connectivity index (χ4v) is 2.02. The fraction of sp³-hybridized carbons (Fsp3) is 0.462. The van der Waals surface area contributed by atoms with E-state index in [4.69, 9.17) is 4.42 Å². The van der Waals surface area contributed by atoms with Gasteiger partial charge < -0.3 is 14.3 Å². The van der Waals surface area contributed by atoms with E-state index in [1.54, 1.807) is 12.5 Å². The van der Waals surface area contributed by atoms with Crippen molar-refractivity contribution in [2.45, 2.75) is 32.4 Å². The first-order chi connectivity index (χ1) is 8.35. The molecule has 4 heteroatoms. The maximum Gasteiger partial charge on any atom is 0.110 e. The van der Waals surface area contributed by atoms with Gasteiger partial charge in [0.1, 0.15) is 5.82 Å². The predicted octanol–water partition coefficient (Wildman–Crippen LogP) is 2.39. The number of aryl methyl sites for hydroxylation is 1. The summed E-state index contributed by atoms with van der Waals surface area (Å²) in [5.41, 5.74) is 1.17. The van der Waals surface area contributed by atoms with Crippen LogP contribution in [0.25, 0.3) is 0 Å². The molecule has 17 heavy (non-hydrogen) atoms. The number of nitrogens with one attached hydrogen (secondary N) is 1. The Morgan fingerprint density at radius 2 is 2.41 bits per heavy atom. The van der Waals surface area contributed by atoms with Gasteiger partial charge in [0.2, 0.25) is 0 Å². The summed E-state index contributed by atoms with van der Waals surface area (Å²) in [4.78, 5) is 4.42. The summed E-state index contributed by atoms with van der Waals surface area (Å²) < 4.78 is 7.34. The second kappa shape index (κ2) is 5.68. The zero-order valence-corrected chi connectivity index (χ0v) is 10.4. The largest absolute Gasteiger partial charge is 0.472 e. The molecule has 2 rings (SSSR count). The Morgan fingerprint density at radius 3 is 3.06 bits per heavy atom. The summed E-state index contributed by atoms with van der Waals surface area (Å²) in [6, 6.07) is 2.25. The molecule has 2 aromatic rings. The molecule has 1 N–H and O–H groups in total. The first kappa shape index (κ1) is 11.9. The van der Waals surface area contributed by atoms with Crippen LogP contribution in [0.5, 0.6) is 0 Å². The minimum atomic E-state index is 0.256. The van der Waals surface area contributed by atoms with Crippen LogP contribution >= 0.6 is 0 Å². The lowest BCUT2D eigenvalue weighted by Crippen LogP contribution is -2.20. The standard InChI is InChI=1S/C13H19N3O/c1-3-6-16-7-5-15-13(16)9-12(14-2)11-4-8-17-10-11/h4-5,7-8,10,12,14H,3,6,9H2,1-2H3. The molecule has 1 unspecified atom stereocenters. The average molecular weight is 233 g/mol. The third-order valence-corrected chi connectivity index (χ3v) is 2.95. The molecule has 0 aliphatic rings. The lowest BCUT2D eigenvalue weighted by molar-refractivity contribution is 0.523. The highest BCUT2D eigenvalue weighted by Gasteiger charge is 2.14. The topological polar surface area (TPSA) is 43.0 Å². The molecule has 0 amide bonds. The summed E-state index contributed by atoms with van der Waals surface area (Å²) in [7, 11) is 1.96. The van der Waals surface area contributed by atoms with Gasteiger partial charge in [0, 0.05) is 37.0 Å². The lowest BCUT2D eigenvalue weighted by Gasteiger charge is -2.15. The highest BCUT2D eigenvalue weighted by Crippen LogP contribution is 2.17. The van der Waals surface area contributed by atoms with Crippen LogP contribution in [0, 0.1) is 0 Å². The van der Waals surface area contributed by atoms with Crippen LogP contribution in [0.3, 0.4) is 0 Å². The molecule has 2 heterocycles. The maximum atomic E-state index is 5.13. The number of furan rings is 1. The van der Waals surface area contributed by atoms with Crippen molar-refractivity contribution in [2.24, 2.45) is 0 Å². The average Bonchev–Trinajstić information content (AvgIpc) is 2.97. The van der Waals surface area contributed by atoms with Crippen molar-refractivity contribution < 1.29 is 4.42 Å². The van der Waals surface area contributed by atoms with Gasteiger partial charge in [0.05, 0.1) is 12.5 Å². The van der Waals surface area contributed by atoms with E-state index >= 15 is 0 Å². The second-order valence-corrected chi connectivity index (χ2v) is 4.14. The quantitative estimate of drug-likeness (QED) is 0.833. The van der Waals surface area contributed by atoms with Crippen molar-refractivity contribution in [3.05, 3.63) is 42.4 Å². The van der Waals surface area contributed by atoms with E-state index in [-0.39, 0.29) is 6.04 Å². The van der Waals surface area contributed by atoms with Crippen molar-refractivity contribution >= 4 is 0 Å². The zero-order valence-electron chi connectivity index (χ0n) is 10.4. The molecule has 0 bridgehead atoms. The van der Waals surface area contributed by atoms with Crippen molar-refractivity contribution in [3.8, 4) is 0 Å². The van der Waals surface area contributed by atoms with E-state index in [1.807, 2.05) is 25.5 Å². The Labute approximate surface area is 102 Å². The van der Waals surface area contributed by atoms with E-state index < -0.39 is 0 Å². The van der Waals surface area contributed by atoms with Gasteiger partial charge >= 0.3 is 0 Å². The Morgan fingerprint density at radius 1 is 1.53 bits per heavy atom. The van der Waals surface area contributed by atoms with E-state index in [0.29, 0.717) is 0 Å². The highest BCUT2D eigenvalue weighted by atomic mass is 16.3. The molecule has 0 spiro atoms. The van der Waals surface area contributed by atoms with Gasteiger partial charge in [-0.1, -0.05) is 6.92 Å². The first-order valence-electron chi connectivity index (χ1n) is 6.04. The smallest absolute Gasteiger partial charge is 0.110 e. The molecular weight excluding hydrogens is 214 g/mol. The maximum absolute atomic E-state index is 5.13. The molecule has 0 aliphatic carbocycles. The Balaban J connectivity index is 2.10. The summed E-state index contributed by atoms with van der Waals surface area (Å²) in [5, 5.41) is 3.30. The molecule has 92 valence electrons. The number of hydrogen-bond donors (Lipinski definition) is 1. The van der Waals surface area contributed by atoms with Crippen molar-refractivity contribution in [1.29, 1.82) is 0 Å². The third kappa shape index (κ3) is 2.77. The van der Waals surface area contributed by atoms with Crippen LogP contribution < -0.4 is 5.32 Å². The minimum absolute atomic E-state index is 0.256. The summed E-state index contributed by atoms with van der Waals surface area (Å²) in [6.45, 7) is 3.20. The van der Waals surface area contributed by atoms with Crippen LogP contribution in [-0.2, 0) is 13.0 Å². The summed E-state index contributed by atoms with van der Waals surface area (Å²) >= 11 is 0. The van der Waals surface area contributed by atoms with Gasteiger partial charge in [-0.05, 0) is 19.5 Å². The van der Waals surface area contributed by atoms with Crippen molar-refractivity contribution in [3.63, 3.8) is 0 Å². The SMILES string of the molecule is CCCn1ccnc1CC(NC)c1ccoc1. The van der Waals surface area contributed by atoms with E-state index in [2.05, 4.69) is 21.8 Å². The van der Waals surface area contributed by atoms with Crippen LogP contribution in [-0.4, -0.2) is 16.6 Å². The number of likely N-dealkylation sites (N-methyl/N-ethyl adjacent to an activating group) is 1. The lowest BCUT2D eigenvalue weighted by atomic mass is 10.1. The van der Waals surface area contributed by atoms with Gasteiger partial charge in [0.25, 0.3) is 0 Å². The molecule has 0 fully saturated rings. The molecule has 2 aromatic heterocycles. The monoisotopic (exact) mass is 233 g/mol. The Kier molecular flexibility index (Phi) is 3.98. The van der Waals surface area contributed by atoms with Crippen LogP contribution in [0.1, 0.15) is 30.8 Å². The number of hydrogen-bond acceptors (Lipinski definition) is 3. The van der Waals surface area contributed by atoms with E-state index in [0.717, 1.165) is 25.2 Å². The number of aromatic nitrogens is 2. The number of nitrogens with zero attached hydrogens (tertiary/aromatic N) is 2. The van der Waals surface area contributed by atoms with E-state index in [9.17, 15) is 0 Å². The van der Waals surface area contributed by atoms with Crippen molar-refractivity contribution in [1.82, 2.24) is 14.9 Å². The number of rotatable bonds is 6. The molecular formula is C13H19N3O.